The number of esters is 1. The summed E-state index contributed by atoms with van der Waals surface area (Å²) in [5.41, 5.74) is -0.315. The molecule has 1 fully saturated rings. The van der Waals surface area contributed by atoms with E-state index >= 15 is 0 Å². The van der Waals surface area contributed by atoms with Crippen LogP contribution >= 0.6 is 0 Å². The maximum absolute atomic E-state index is 12.1. The highest BCUT2D eigenvalue weighted by Gasteiger charge is 2.49. The Morgan fingerprint density at radius 2 is 1.90 bits per heavy atom. The molecule has 2 heterocycles. The number of nitrogens with zero attached hydrogens (tertiary/aromatic N) is 2. The zero-order valence-corrected chi connectivity index (χ0v) is 12.5. The monoisotopic (exact) mass is 279 g/mol. The van der Waals surface area contributed by atoms with Gasteiger partial charge in [0.1, 0.15) is 11.8 Å². The van der Waals surface area contributed by atoms with E-state index in [9.17, 15) is 4.79 Å². The lowest BCUT2D eigenvalue weighted by atomic mass is 9.80. The van der Waals surface area contributed by atoms with Crippen molar-refractivity contribution in [1.82, 2.24) is 10.0 Å². The first kappa shape index (κ1) is 14.9. The molecule has 2 rings (SSSR count). The number of piperidine rings is 1. The third-order valence-electron chi connectivity index (χ3n) is 3.81. The van der Waals surface area contributed by atoms with Crippen LogP contribution in [0.25, 0.3) is 0 Å². The van der Waals surface area contributed by atoms with Crippen molar-refractivity contribution < 1.29 is 14.7 Å². The van der Waals surface area contributed by atoms with Gasteiger partial charge in [-0.25, -0.2) is 9.78 Å². The predicted molar refractivity (Wildman–Crippen MR) is 76.3 cm³/mol. The first-order valence-electron chi connectivity index (χ1n) is 6.86. The number of hydrogen-bond acceptors (Lipinski definition) is 4. The van der Waals surface area contributed by atoms with Gasteiger partial charge in [-0.15, -0.1) is 0 Å². The summed E-state index contributed by atoms with van der Waals surface area (Å²) in [7, 11) is 0. The summed E-state index contributed by atoms with van der Waals surface area (Å²) >= 11 is 0. The minimum atomic E-state index is -0.388. The van der Waals surface area contributed by atoms with Crippen molar-refractivity contribution in [3.05, 3.63) is 30.1 Å². The summed E-state index contributed by atoms with van der Waals surface area (Å²) in [6.07, 6.45) is 2.70. The number of hydrogen-bond donors (Lipinski definition) is 0. The van der Waals surface area contributed by atoms with Crippen LogP contribution in [0, 0.1) is 0 Å². The van der Waals surface area contributed by atoms with E-state index in [1.165, 1.54) is 0 Å². The largest absolute Gasteiger partial charge is 0.457 e. The van der Waals surface area contributed by atoms with Crippen LogP contribution in [0.4, 0.5) is 0 Å². The molecule has 0 atom stereocenters. The molecule has 0 saturated carbocycles. The zero-order chi connectivity index (χ0) is 15.0. The quantitative estimate of drug-likeness (QED) is 0.612. The minimum Gasteiger partial charge on any atom is -0.457 e. The van der Waals surface area contributed by atoms with Gasteiger partial charge in [-0.2, -0.15) is 0 Å². The predicted octanol–water partition coefficient (Wildman–Crippen LogP) is 1.90. The standard InChI is InChI=1S/C15H22N2O3/c1-14(2)9-11(10-15(3,4)17(14)19)20-13(18)12-7-5-6-8-16-12/h5-8,11,19H,9-10H2,1-4H3/p+1. The Hall–Kier alpha value is -1.46. The Morgan fingerprint density at radius 1 is 1.30 bits per heavy atom. The van der Waals surface area contributed by atoms with Gasteiger partial charge in [0, 0.05) is 19.0 Å². The number of carbonyl (C=O) groups excluding carboxylic acids is 1. The van der Waals surface area contributed by atoms with Crippen LogP contribution in [0.3, 0.4) is 0 Å². The molecule has 1 aliphatic heterocycles. The van der Waals surface area contributed by atoms with Gasteiger partial charge in [0.2, 0.25) is 0 Å². The fraction of sp³-hybridized carbons (Fsp3) is 0.600. The highest BCUT2D eigenvalue weighted by molar-refractivity contribution is 5.87. The fourth-order valence-electron chi connectivity index (χ4n) is 2.97. The van der Waals surface area contributed by atoms with Gasteiger partial charge in [0.05, 0.1) is 11.1 Å². The van der Waals surface area contributed by atoms with E-state index in [-0.39, 0.29) is 23.2 Å². The van der Waals surface area contributed by atoms with Crippen LogP contribution < -0.4 is 0 Å². The van der Waals surface area contributed by atoms with E-state index in [0.717, 1.165) is 0 Å². The van der Waals surface area contributed by atoms with Crippen molar-refractivity contribution in [1.29, 1.82) is 0 Å². The van der Waals surface area contributed by atoms with E-state index < -0.39 is 0 Å². The van der Waals surface area contributed by atoms with E-state index in [2.05, 4.69) is 4.98 Å². The third-order valence-corrected chi connectivity index (χ3v) is 3.81. The number of rotatable bonds is 2. The molecule has 0 spiro atoms. The van der Waals surface area contributed by atoms with Crippen molar-refractivity contribution >= 4 is 5.97 Å². The molecule has 2 N–H and O–H groups in total. The second-order valence-corrected chi connectivity index (χ2v) is 6.61. The topological polar surface area (TPSA) is 65.3 Å². The molecule has 1 aromatic rings. The molecule has 0 unspecified atom stereocenters. The summed E-state index contributed by atoms with van der Waals surface area (Å²) in [5, 5.41) is 9.81. The van der Waals surface area contributed by atoms with Crippen molar-refractivity contribution in [2.75, 3.05) is 0 Å². The van der Waals surface area contributed by atoms with Crippen molar-refractivity contribution in [3.8, 4) is 0 Å². The van der Waals surface area contributed by atoms with Crippen molar-refractivity contribution in [3.63, 3.8) is 0 Å². The van der Waals surface area contributed by atoms with Crippen molar-refractivity contribution in [2.45, 2.75) is 57.7 Å². The molecule has 0 aliphatic carbocycles. The molecule has 1 aliphatic rings. The maximum atomic E-state index is 12.1. The highest BCUT2D eigenvalue weighted by Crippen LogP contribution is 2.38. The summed E-state index contributed by atoms with van der Waals surface area (Å²) in [6.45, 7) is 8.01. The minimum absolute atomic E-state index is 0.184. The Kier molecular flexibility index (Phi) is 3.84. The lowest BCUT2D eigenvalue weighted by Crippen LogP contribution is -2.60. The van der Waals surface area contributed by atoms with Gasteiger partial charge in [-0.1, -0.05) is 11.1 Å². The summed E-state index contributed by atoms with van der Waals surface area (Å²) in [5.74, 6) is -0.388. The smallest absolute Gasteiger partial charge is 0.357 e. The van der Waals surface area contributed by atoms with Gasteiger partial charge < -0.3 is 9.94 Å². The van der Waals surface area contributed by atoms with Crippen LogP contribution in [0.5, 0.6) is 0 Å². The molecular weight excluding hydrogens is 256 g/mol. The number of aromatic nitrogens is 1. The lowest BCUT2D eigenvalue weighted by Gasteiger charge is -2.47. The lowest BCUT2D eigenvalue weighted by molar-refractivity contribution is -0.256. The maximum Gasteiger partial charge on any atom is 0.357 e. The van der Waals surface area contributed by atoms with E-state index in [1.54, 1.807) is 29.5 Å². The van der Waals surface area contributed by atoms with Crippen molar-refractivity contribution in [2.24, 2.45) is 0 Å². The Balaban J connectivity index is 2.09. The van der Waals surface area contributed by atoms with Crippen LogP contribution in [0.1, 0.15) is 51.0 Å². The van der Waals surface area contributed by atoms with E-state index in [4.69, 9.17) is 9.94 Å². The number of pyridine rings is 1. The molecule has 1 saturated heterocycles. The molecule has 1 aromatic heterocycles. The summed E-state index contributed by atoms with van der Waals surface area (Å²) < 4.78 is 5.59. The molecule has 110 valence electrons. The summed E-state index contributed by atoms with van der Waals surface area (Å²) in [6, 6.07) is 5.18. The molecule has 0 aromatic carbocycles. The Morgan fingerprint density at radius 3 is 2.40 bits per heavy atom. The third kappa shape index (κ3) is 2.99. The highest BCUT2D eigenvalue weighted by atomic mass is 16.5. The molecule has 5 nitrogen and oxygen atoms in total. The van der Waals surface area contributed by atoms with Crippen LogP contribution in [0.15, 0.2) is 24.4 Å². The molecule has 0 radical (unpaired) electrons. The molecular formula is C15H23N2O3+. The average Bonchev–Trinajstić information content (AvgIpc) is 2.36. The first-order chi connectivity index (χ1) is 9.22. The Bertz CT molecular complexity index is 467. The van der Waals surface area contributed by atoms with Gasteiger partial charge in [-0.3, -0.25) is 0 Å². The van der Waals surface area contributed by atoms with E-state index in [0.29, 0.717) is 18.5 Å². The SMILES string of the molecule is CC1(C)CC(OC(=O)c2ccccn2)CC(C)(C)N1[OH2+]. The van der Waals surface area contributed by atoms with Crippen LogP contribution in [-0.4, -0.2) is 38.4 Å². The number of hydroxylamine groups is 2. The van der Waals surface area contributed by atoms with Gasteiger partial charge in [0.25, 0.3) is 0 Å². The Labute approximate surface area is 119 Å². The molecule has 20 heavy (non-hydrogen) atoms. The number of ether oxygens (including phenoxy) is 1. The van der Waals surface area contributed by atoms with Gasteiger partial charge in [-0.05, 0) is 39.8 Å². The van der Waals surface area contributed by atoms with Crippen LogP contribution in [-0.2, 0) is 4.74 Å². The van der Waals surface area contributed by atoms with Gasteiger partial charge in [0.15, 0.2) is 0 Å². The van der Waals surface area contributed by atoms with E-state index in [1.807, 2.05) is 27.7 Å². The van der Waals surface area contributed by atoms with Crippen LogP contribution in [0.2, 0.25) is 0 Å². The van der Waals surface area contributed by atoms with Gasteiger partial charge >= 0.3 is 5.97 Å². The second-order valence-electron chi connectivity index (χ2n) is 6.61. The molecule has 0 amide bonds. The first-order valence-corrected chi connectivity index (χ1v) is 6.86. The zero-order valence-electron chi connectivity index (χ0n) is 12.5. The molecule has 5 heteroatoms. The average molecular weight is 279 g/mol. The second kappa shape index (κ2) is 5.14. The normalized spacial score (nSPS) is 22.4. The fourth-order valence-corrected chi connectivity index (χ4v) is 2.97. The molecule has 0 bridgehead atoms. The summed E-state index contributed by atoms with van der Waals surface area (Å²) in [4.78, 5) is 16.1. The number of carbonyl (C=O) groups is 1.